The molecule has 3 rings (SSSR count). The summed E-state index contributed by atoms with van der Waals surface area (Å²) in [6.07, 6.45) is 4.73. The average Bonchev–Trinajstić information content (AvgIpc) is 3.13. The van der Waals surface area contributed by atoms with Gasteiger partial charge in [-0.2, -0.15) is 0 Å². The number of imidazole rings is 1. The Hall–Kier alpha value is -2.37. The number of fused-ring (bicyclic) bond motifs is 1. The maximum Gasteiger partial charge on any atom is 0.264 e. The SMILES string of the molecule is CC(C)C1=NOC(C(=O)NCCc2cn3ccccc3n2)C1. The summed E-state index contributed by atoms with van der Waals surface area (Å²) in [6.45, 7) is 4.64. The Bertz CT molecular complexity index is 672. The first kappa shape index (κ1) is 14.6. The Kier molecular flexibility index (Phi) is 4.09. The van der Waals surface area contributed by atoms with Crippen LogP contribution in [0.3, 0.4) is 0 Å². The van der Waals surface area contributed by atoms with Crippen LogP contribution in [0.2, 0.25) is 0 Å². The maximum absolute atomic E-state index is 12.0. The molecule has 1 atom stereocenters. The third-order valence-corrected chi connectivity index (χ3v) is 3.74. The van der Waals surface area contributed by atoms with E-state index < -0.39 is 6.10 Å². The zero-order valence-corrected chi connectivity index (χ0v) is 12.8. The van der Waals surface area contributed by atoms with Crippen molar-refractivity contribution >= 4 is 17.3 Å². The fraction of sp³-hybridized carbons (Fsp3) is 0.438. The number of carbonyl (C=O) groups excluding carboxylic acids is 1. The van der Waals surface area contributed by atoms with Gasteiger partial charge in [0.25, 0.3) is 5.91 Å². The lowest BCUT2D eigenvalue weighted by atomic mass is 10.0. The number of oxime groups is 1. The molecule has 0 saturated carbocycles. The van der Waals surface area contributed by atoms with Gasteiger partial charge in [0.05, 0.1) is 11.4 Å². The summed E-state index contributed by atoms with van der Waals surface area (Å²) in [7, 11) is 0. The van der Waals surface area contributed by atoms with Gasteiger partial charge in [-0.05, 0) is 18.1 Å². The summed E-state index contributed by atoms with van der Waals surface area (Å²) in [5.41, 5.74) is 2.82. The van der Waals surface area contributed by atoms with Crippen molar-refractivity contribution in [2.24, 2.45) is 11.1 Å². The first-order valence-electron chi connectivity index (χ1n) is 7.56. The van der Waals surface area contributed by atoms with E-state index in [4.69, 9.17) is 4.84 Å². The summed E-state index contributed by atoms with van der Waals surface area (Å²) >= 11 is 0. The first-order valence-corrected chi connectivity index (χ1v) is 7.56. The Labute approximate surface area is 129 Å². The topological polar surface area (TPSA) is 68.0 Å². The predicted octanol–water partition coefficient (Wildman–Crippen LogP) is 1.79. The van der Waals surface area contributed by atoms with E-state index in [0.717, 1.165) is 17.1 Å². The van der Waals surface area contributed by atoms with Crippen LogP contribution in [0.25, 0.3) is 5.65 Å². The second-order valence-electron chi connectivity index (χ2n) is 5.77. The van der Waals surface area contributed by atoms with Gasteiger partial charge in [0.2, 0.25) is 6.10 Å². The van der Waals surface area contributed by atoms with Crippen molar-refractivity contribution < 1.29 is 9.63 Å². The van der Waals surface area contributed by atoms with Crippen molar-refractivity contribution in [2.45, 2.75) is 32.8 Å². The zero-order valence-electron chi connectivity index (χ0n) is 12.8. The van der Waals surface area contributed by atoms with Crippen molar-refractivity contribution in [3.63, 3.8) is 0 Å². The van der Waals surface area contributed by atoms with Gasteiger partial charge in [-0.25, -0.2) is 4.98 Å². The number of hydrogen-bond donors (Lipinski definition) is 1. The van der Waals surface area contributed by atoms with Gasteiger partial charge < -0.3 is 14.6 Å². The van der Waals surface area contributed by atoms with Gasteiger partial charge in [-0.15, -0.1) is 0 Å². The second kappa shape index (κ2) is 6.17. The summed E-state index contributed by atoms with van der Waals surface area (Å²) in [6, 6.07) is 5.88. The van der Waals surface area contributed by atoms with Crippen LogP contribution in [0, 0.1) is 5.92 Å². The number of pyridine rings is 1. The highest BCUT2D eigenvalue weighted by Crippen LogP contribution is 2.16. The molecule has 0 fully saturated rings. The molecule has 116 valence electrons. The Balaban J connectivity index is 1.48. The molecule has 0 aromatic carbocycles. The van der Waals surface area contributed by atoms with E-state index in [1.54, 1.807) is 0 Å². The molecule has 1 amide bonds. The summed E-state index contributed by atoms with van der Waals surface area (Å²) in [5.74, 6) is 0.207. The molecule has 22 heavy (non-hydrogen) atoms. The van der Waals surface area contributed by atoms with Crippen LogP contribution in [-0.4, -0.2) is 33.7 Å². The molecular formula is C16H20N4O2. The van der Waals surface area contributed by atoms with Crippen LogP contribution in [0.1, 0.15) is 26.0 Å². The van der Waals surface area contributed by atoms with Crippen LogP contribution in [0.5, 0.6) is 0 Å². The third kappa shape index (κ3) is 3.10. The maximum atomic E-state index is 12.0. The molecule has 2 aromatic rings. The monoisotopic (exact) mass is 300 g/mol. The van der Waals surface area contributed by atoms with E-state index in [-0.39, 0.29) is 5.91 Å². The molecule has 0 aliphatic carbocycles. The van der Waals surface area contributed by atoms with Crippen LogP contribution in [-0.2, 0) is 16.1 Å². The number of rotatable bonds is 5. The minimum Gasteiger partial charge on any atom is -0.382 e. The van der Waals surface area contributed by atoms with Crippen LogP contribution < -0.4 is 5.32 Å². The Morgan fingerprint density at radius 2 is 2.36 bits per heavy atom. The molecule has 0 bridgehead atoms. The highest BCUT2D eigenvalue weighted by Gasteiger charge is 2.28. The van der Waals surface area contributed by atoms with Crippen LogP contribution in [0.15, 0.2) is 35.7 Å². The van der Waals surface area contributed by atoms with E-state index in [1.807, 2.05) is 48.8 Å². The number of hydrogen-bond acceptors (Lipinski definition) is 4. The van der Waals surface area contributed by atoms with E-state index >= 15 is 0 Å². The van der Waals surface area contributed by atoms with Crippen molar-refractivity contribution in [2.75, 3.05) is 6.54 Å². The van der Waals surface area contributed by atoms with Gasteiger partial charge in [0.15, 0.2) is 0 Å². The molecule has 0 spiro atoms. The fourth-order valence-electron chi connectivity index (χ4n) is 2.41. The third-order valence-electron chi connectivity index (χ3n) is 3.74. The van der Waals surface area contributed by atoms with Crippen molar-refractivity contribution in [3.8, 4) is 0 Å². The van der Waals surface area contributed by atoms with E-state index in [2.05, 4.69) is 15.5 Å². The lowest BCUT2D eigenvalue weighted by Gasteiger charge is -2.09. The number of nitrogens with one attached hydrogen (secondary N) is 1. The summed E-state index contributed by atoms with van der Waals surface area (Å²) in [5, 5.41) is 6.86. The van der Waals surface area contributed by atoms with Crippen molar-refractivity contribution in [1.29, 1.82) is 0 Å². The molecule has 1 aliphatic heterocycles. The lowest BCUT2D eigenvalue weighted by molar-refractivity contribution is -0.131. The average molecular weight is 300 g/mol. The zero-order chi connectivity index (χ0) is 15.5. The molecular weight excluding hydrogens is 280 g/mol. The normalized spacial score (nSPS) is 17.6. The van der Waals surface area contributed by atoms with Crippen LogP contribution in [0.4, 0.5) is 0 Å². The second-order valence-corrected chi connectivity index (χ2v) is 5.77. The molecule has 6 heteroatoms. The molecule has 2 aromatic heterocycles. The first-order chi connectivity index (χ1) is 10.6. The van der Waals surface area contributed by atoms with Gasteiger partial charge in [0, 0.05) is 31.8 Å². The van der Waals surface area contributed by atoms with Gasteiger partial charge in [0.1, 0.15) is 5.65 Å². The highest BCUT2D eigenvalue weighted by atomic mass is 16.6. The van der Waals surface area contributed by atoms with E-state index in [1.165, 1.54) is 0 Å². The van der Waals surface area contributed by atoms with Gasteiger partial charge in [-0.3, -0.25) is 4.79 Å². The summed E-state index contributed by atoms with van der Waals surface area (Å²) < 4.78 is 1.97. The minimum atomic E-state index is -0.488. The number of nitrogens with zero attached hydrogens (tertiary/aromatic N) is 3. The smallest absolute Gasteiger partial charge is 0.264 e. The van der Waals surface area contributed by atoms with Gasteiger partial charge in [-0.1, -0.05) is 25.1 Å². The van der Waals surface area contributed by atoms with Gasteiger partial charge >= 0.3 is 0 Å². The Morgan fingerprint density at radius 3 is 3.09 bits per heavy atom. The van der Waals surface area contributed by atoms with E-state index in [9.17, 15) is 4.79 Å². The predicted molar refractivity (Wildman–Crippen MR) is 83.7 cm³/mol. The molecule has 0 radical (unpaired) electrons. The molecule has 1 N–H and O–H groups in total. The van der Waals surface area contributed by atoms with Crippen LogP contribution >= 0.6 is 0 Å². The molecule has 0 saturated heterocycles. The lowest BCUT2D eigenvalue weighted by Crippen LogP contribution is -2.36. The number of aromatic nitrogens is 2. The molecule has 6 nitrogen and oxygen atoms in total. The molecule has 1 aliphatic rings. The van der Waals surface area contributed by atoms with Crippen molar-refractivity contribution in [1.82, 2.24) is 14.7 Å². The largest absolute Gasteiger partial charge is 0.382 e. The summed E-state index contributed by atoms with van der Waals surface area (Å²) in [4.78, 5) is 21.7. The fourth-order valence-corrected chi connectivity index (χ4v) is 2.41. The Morgan fingerprint density at radius 1 is 1.50 bits per heavy atom. The standard InChI is InChI=1S/C16H20N4O2/c1-11(2)13-9-14(22-19-13)16(21)17-7-6-12-10-20-8-4-3-5-15(20)18-12/h3-5,8,10-11,14H,6-7,9H2,1-2H3,(H,17,21). The quantitative estimate of drug-likeness (QED) is 0.915. The molecule has 1 unspecified atom stereocenters. The van der Waals surface area contributed by atoms with Crippen molar-refractivity contribution in [3.05, 3.63) is 36.3 Å². The molecule has 3 heterocycles. The van der Waals surface area contributed by atoms with E-state index in [0.29, 0.717) is 25.3 Å². The minimum absolute atomic E-state index is 0.108. The number of carbonyl (C=O) groups is 1. The highest BCUT2D eigenvalue weighted by molar-refractivity contribution is 5.93. The number of amides is 1.